The number of nitrogens with zero attached hydrogens (tertiary/aromatic N) is 2. The molecule has 2 atom stereocenters. The van der Waals surface area contributed by atoms with Crippen molar-refractivity contribution in [3.8, 4) is 0 Å². The molecule has 1 aliphatic heterocycles. The highest BCUT2D eigenvalue weighted by molar-refractivity contribution is 8.25. The van der Waals surface area contributed by atoms with E-state index in [2.05, 4.69) is 10.6 Å². The molecule has 1 amide bonds. The molecule has 0 radical (unpaired) electrons. The van der Waals surface area contributed by atoms with E-state index in [9.17, 15) is 32.2 Å². The molecule has 5 N–H and O–H groups in total. The van der Waals surface area contributed by atoms with Crippen molar-refractivity contribution >= 4 is 33.3 Å². The van der Waals surface area contributed by atoms with Gasteiger partial charge in [-0.3, -0.25) is 18.2 Å². The second-order valence-electron chi connectivity index (χ2n) is 11.0. The zero-order chi connectivity index (χ0) is 31.5. The third kappa shape index (κ3) is 7.22. The number of carbonyl (C=O) groups is 1. The first kappa shape index (κ1) is 31.9. The Labute approximate surface area is 256 Å². The molecule has 0 saturated carbocycles. The van der Waals surface area contributed by atoms with Gasteiger partial charge in [0, 0.05) is 43.3 Å². The predicted octanol–water partition coefficient (Wildman–Crippen LogP) is 6.05. The number of aromatic nitrogens is 1. The molecule has 5 rings (SSSR count). The number of carbonyl (C=O) groups excluding carboxylic acids is 1. The Hall–Kier alpha value is -3.55. The summed E-state index contributed by atoms with van der Waals surface area (Å²) in [7, 11) is -3.01. The minimum atomic E-state index is -4.45. The van der Waals surface area contributed by atoms with Crippen LogP contribution in [-0.4, -0.2) is 55.7 Å². The van der Waals surface area contributed by atoms with Gasteiger partial charge < -0.3 is 20.3 Å². The third-order valence-electron chi connectivity index (χ3n) is 7.89. The summed E-state index contributed by atoms with van der Waals surface area (Å²) < 4.78 is 64.4. The van der Waals surface area contributed by atoms with E-state index in [1.54, 1.807) is 22.5 Å². The van der Waals surface area contributed by atoms with Crippen molar-refractivity contribution in [2.75, 3.05) is 23.1 Å². The molecule has 1 saturated heterocycles. The molecule has 0 bridgehead atoms. The van der Waals surface area contributed by atoms with E-state index in [-0.39, 0.29) is 18.8 Å². The van der Waals surface area contributed by atoms with Crippen LogP contribution in [0.1, 0.15) is 40.4 Å². The first-order valence-electron chi connectivity index (χ1n) is 14.5. The number of hydrogen-bond acceptors (Lipinski definition) is 6. The number of rotatable bonds is 11. The van der Waals surface area contributed by atoms with Crippen LogP contribution in [0.3, 0.4) is 0 Å². The number of fused-ring (bicyclic) bond motifs is 1. The third-order valence-corrected chi connectivity index (χ3v) is 9.81. The predicted molar refractivity (Wildman–Crippen MR) is 168 cm³/mol. The quantitative estimate of drug-likeness (QED) is 0.138. The Morgan fingerprint density at radius 2 is 1.77 bits per heavy atom. The van der Waals surface area contributed by atoms with Crippen LogP contribution in [0.4, 0.5) is 18.9 Å². The molecule has 3 aromatic carbocycles. The second kappa shape index (κ2) is 13.2. The van der Waals surface area contributed by atoms with Crippen LogP contribution in [0, 0.1) is 0 Å². The van der Waals surface area contributed by atoms with Gasteiger partial charge in [-0.05, 0) is 55.2 Å². The average molecular weight is 631 g/mol. The van der Waals surface area contributed by atoms with Crippen LogP contribution in [0.2, 0.25) is 0 Å². The van der Waals surface area contributed by atoms with Crippen molar-refractivity contribution < 1.29 is 32.2 Å². The number of aliphatic hydroxyl groups excluding tert-OH is 1. The second-order valence-corrected chi connectivity index (χ2v) is 13.1. The largest absolute Gasteiger partial charge is 0.416 e. The van der Waals surface area contributed by atoms with Gasteiger partial charge in [-0.1, -0.05) is 48.5 Å². The van der Waals surface area contributed by atoms with E-state index in [1.165, 1.54) is 6.07 Å². The van der Waals surface area contributed by atoms with Crippen molar-refractivity contribution in [2.45, 2.75) is 51.2 Å². The first-order chi connectivity index (χ1) is 21.0. The lowest BCUT2D eigenvalue weighted by atomic mass is 10.00. The van der Waals surface area contributed by atoms with Crippen molar-refractivity contribution in [2.24, 2.45) is 0 Å². The Balaban J connectivity index is 1.37. The first-order valence-corrected chi connectivity index (χ1v) is 16.2. The highest BCUT2D eigenvalue weighted by Gasteiger charge is 2.32. The normalized spacial score (nSPS) is 17.0. The molecule has 1 fully saturated rings. The van der Waals surface area contributed by atoms with Gasteiger partial charge in [0.15, 0.2) is 0 Å². The Bertz CT molecular complexity index is 1600. The topological polar surface area (TPSA) is 110 Å². The molecule has 2 heterocycles. The van der Waals surface area contributed by atoms with Crippen molar-refractivity contribution in [1.82, 2.24) is 15.2 Å². The zero-order valence-electron chi connectivity index (χ0n) is 24.3. The number of benzene rings is 3. The number of aliphatic hydroxyl groups is 1. The number of alkyl halides is 3. The summed E-state index contributed by atoms with van der Waals surface area (Å²) in [6.45, 7) is 3.20. The van der Waals surface area contributed by atoms with Crippen LogP contribution >= 0.6 is 10.8 Å². The van der Waals surface area contributed by atoms with Gasteiger partial charge in [0.25, 0.3) is 5.91 Å². The van der Waals surface area contributed by atoms with Crippen molar-refractivity contribution in [3.05, 3.63) is 101 Å². The van der Waals surface area contributed by atoms with Gasteiger partial charge in [-0.2, -0.15) is 13.2 Å². The standard InChI is InChI=1S/C32H37F3N4O4S/c1-2-38-14-12-26-28(38)18-24(19-29(26)39-13-7-15-44(39,42)43)31(41)37-27(17-22-8-4-3-5-9-22)30(40)21-36-20-23-10-6-11-25(16-23)32(33,34)35/h3-6,8-12,14,16,18-19,27,30,36,40,42-43H,2,7,13,15,17,20-21H2,1H3,(H,37,41)/t27-,30-/m0/s1. The summed E-state index contributed by atoms with van der Waals surface area (Å²) in [6.07, 6.45) is -2.69. The highest BCUT2D eigenvalue weighted by Crippen LogP contribution is 2.52. The molecule has 0 spiro atoms. The van der Waals surface area contributed by atoms with E-state index < -0.39 is 40.6 Å². The maximum Gasteiger partial charge on any atom is 0.416 e. The van der Waals surface area contributed by atoms with Gasteiger partial charge in [0.2, 0.25) is 0 Å². The van der Waals surface area contributed by atoms with Gasteiger partial charge in [-0.25, -0.2) is 0 Å². The number of amides is 1. The molecular weight excluding hydrogens is 593 g/mol. The summed E-state index contributed by atoms with van der Waals surface area (Å²) in [5, 5.41) is 18.0. The number of nitrogens with one attached hydrogen (secondary N) is 2. The van der Waals surface area contributed by atoms with E-state index in [0.717, 1.165) is 28.6 Å². The summed E-state index contributed by atoms with van der Waals surface area (Å²) in [6, 6.07) is 19.0. The zero-order valence-corrected chi connectivity index (χ0v) is 25.1. The summed E-state index contributed by atoms with van der Waals surface area (Å²) in [5.41, 5.74) is 2.22. The molecule has 0 aliphatic carbocycles. The van der Waals surface area contributed by atoms with Crippen molar-refractivity contribution in [1.29, 1.82) is 0 Å². The van der Waals surface area contributed by atoms with Gasteiger partial charge in [0.1, 0.15) is 0 Å². The lowest BCUT2D eigenvalue weighted by molar-refractivity contribution is -0.137. The molecule has 236 valence electrons. The van der Waals surface area contributed by atoms with E-state index in [4.69, 9.17) is 0 Å². The Morgan fingerprint density at radius 1 is 1.02 bits per heavy atom. The number of anilines is 1. The fourth-order valence-electron chi connectivity index (χ4n) is 5.59. The summed E-state index contributed by atoms with van der Waals surface area (Å²) in [5.74, 6) is -0.177. The lowest BCUT2D eigenvalue weighted by Gasteiger charge is -2.38. The maximum absolute atomic E-state index is 13.8. The van der Waals surface area contributed by atoms with Crippen LogP contribution < -0.4 is 14.9 Å². The molecular formula is C32H37F3N4O4S. The molecule has 8 nitrogen and oxygen atoms in total. The van der Waals surface area contributed by atoms with Gasteiger partial charge in [-0.15, -0.1) is 10.8 Å². The molecule has 12 heteroatoms. The van der Waals surface area contributed by atoms with Crippen LogP contribution in [-0.2, 0) is 25.7 Å². The molecule has 1 aromatic heterocycles. The van der Waals surface area contributed by atoms with Crippen LogP contribution in [0.25, 0.3) is 10.9 Å². The fraction of sp³-hybridized carbons (Fsp3) is 0.344. The number of hydrogen-bond donors (Lipinski definition) is 5. The van der Waals surface area contributed by atoms with Gasteiger partial charge in [0.05, 0.1) is 34.7 Å². The maximum atomic E-state index is 13.8. The SMILES string of the molecule is CCn1ccc2c(N3CCCS3(O)O)cc(C(=O)N[C@@H](Cc3ccccc3)[C@@H](O)CNCc3cccc(C(F)(F)F)c3)cc21. The van der Waals surface area contributed by atoms with Crippen LogP contribution in [0.15, 0.2) is 79.0 Å². The van der Waals surface area contributed by atoms with Gasteiger partial charge >= 0.3 is 6.18 Å². The van der Waals surface area contributed by atoms with E-state index in [1.807, 2.05) is 54.1 Å². The fourth-order valence-corrected chi connectivity index (χ4v) is 7.22. The Kier molecular flexibility index (Phi) is 9.56. The minimum absolute atomic E-state index is 0.0195. The number of halogens is 3. The summed E-state index contributed by atoms with van der Waals surface area (Å²) >= 11 is 0. The number of aryl methyl sites for hydroxylation is 1. The van der Waals surface area contributed by atoms with E-state index in [0.29, 0.717) is 42.7 Å². The molecule has 4 aromatic rings. The molecule has 1 aliphatic rings. The van der Waals surface area contributed by atoms with Crippen molar-refractivity contribution in [3.63, 3.8) is 0 Å². The minimum Gasteiger partial charge on any atom is -0.390 e. The molecule has 44 heavy (non-hydrogen) atoms. The van der Waals surface area contributed by atoms with E-state index >= 15 is 0 Å². The van der Waals surface area contributed by atoms with Crippen LogP contribution in [0.5, 0.6) is 0 Å². The average Bonchev–Trinajstić information content (AvgIpc) is 3.58. The summed E-state index contributed by atoms with van der Waals surface area (Å²) in [4.78, 5) is 13.8. The lowest BCUT2D eigenvalue weighted by Crippen LogP contribution is -2.48. The monoisotopic (exact) mass is 630 g/mol. The molecule has 0 unspecified atom stereocenters. The smallest absolute Gasteiger partial charge is 0.390 e. The Morgan fingerprint density at radius 3 is 2.45 bits per heavy atom. The highest BCUT2D eigenvalue weighted by atomic mass is 32.3.